The van der Waals surface area contributed by atoms with E-state index in [-0.39, 0.29) is 120 Å². The Morgan fingerprint density at radius 2 is 0.632 bits per heavy atom. The van der Waals surface area contributed by atoms with E-state index in [0.29, 0.717) is 38.9 Å². The van der Waals surface area contributed by atoms with E-state index in [0.717, 1.165) is 89.9 Å². The summed E-state index contributed by atoms with van der Waals surface area (Å²) in [6.07, 6.45) is 11.6. The molecule has 11 fully saturated rings. The lowest BCUT2D eigenvalue weighted by Gasteiger charge is -2.38. The molecule has 9 unspecified atom stereocenters. The van der Waals surface area contributed by atoms with Crippen LogP contribution in [0.15, 0.2) is 0 Å². The van der Waals surface area contributed by atoms with Crippen LogP contribution in [0.2, 0.25) is 0 Å². The van der Waals surface area contributed by atoms with Crippen LogP contribution in [0.3, 0.4) is 0 Å². The molecule has 15 N–H and O–H groups in total. The molecule has 8 saturated carbocycles. The number of primary amides is 3. The lowest BCUT2D eigenvalue weighted by atomic mass is 9.80. The van der Waals surface area contributed by atoms with Crippen molar-refractivity contribution >= 4 is 107 Å². The third-order valence-electron chi connectivity index (χ3n) is 29.9. The maximum Gasteiger partial charge on any atom is 0.508 e. The number of urea groups is 3. The van der Waals surface area contributed by atoms with Crippen LogP contribution >= 0.6 is 0 Å². The van der Waals surface area contributed by atoms with Gasteiger partial charge in [-0.3, -0.25) is 57.5 Å². The number of carbonyl (C=O) groups is 18. The zero-order valence-electron chi connectivity index (χ0n) is 81.8. The molecule has 0 bridgehead atoms. The standard InChI is InChI=1S/C33H55N5O8.C31H49N5O8.C30H47N5O8/c1-17(2)15-45-31(44)46-16-22(18(3)4)36-30(43)37-26(32(5,6)7)29(42)38-14-20-23(33(20,8)9)24(38)28(41)35-21(25(39)27(34)40)13-19-11-10-12-19;1-30(2,3)24(35-28(41)34-20(15-44-29(42)43-6)17-9-7-8-10-17)27(40)36-14-18-21(31(18,4)5)22(36)26(39)33-19(13-16-11-12-16)23(37)25(32)38;1-29(2,3)23(34-27(40)33-19(16-8-7-9-16)14-43-28(41)42-6)26(39)35-13-17-20(30(17,4)5)21(35)25(38)32-18(12-15-10-11-15)22(36)24(31)37/h17-24,26H,10-16H2,1-9H3,(H2,34,40)(H,35,41)(H2,36,37,43);16-22,24H,7-15H2,1-6H3,(H2,32,38)(H,33,39)(H2,34,35,41);15-21,23H,7-14H2,1-6H3,(H2,31,37)(H,32,38)(H2,33,34,40)/t20?,21?,22-,23?,24+,26-;18?,19?,20-,21?,22+,24-;17?,18?,19-,20?,21+,23-/m111/s1. The van der Waals surface area contributed by atoms with E-state index in [1.165, 1.54) is 28.9 Å². The first kappa shape index (κ1) is 107. The predicted molar refractivity (Wildman–Crippen MR) is 483 cm³/mol. The van der Waals surface area contributed by atoms with Gasteiger partial charge in [-0.1, -0.05) is 196 Å². The second-order valence-corrected chi connectivity index (χ2v) is 44.8. The van der Waals surface area contributed by atoms with E-state index in [4.69, 9.17) is 36.1 Å². The van der Waals surface area contributed by atoms with Gasteiger partial charge in [0.2, 0.25) is 52.8 Å². The summed E-state index contributed by atoms with van der Waals surface area (Å²) in [6.45, 7) is 37.2. The van der Waals surface area contributed by atoms with Crippen molar-refractivity contribution in [3.05, 3.63) is 0 Å². The highest BCUT2D eigenvalue weighted by molar-refractivity contribution is 6.39. The molecule has 746 valence electrons. The number of hydrogen-bond acceptors (Lipinski definition) is 24. The van der Waals surface area contributed by atoms with E-state index in [9.17, 15) is 86.3 Å². The lowest BCUT2D eigenvalue weighted by molar-refractivity contribution is -0.145. The minimum Gasteiger partial charge on any atom is -0.438 e. The van der Waals surface area contributed by atoms with Crippen LogP contribution in [0.1, 0.15) is 241 Å². The molecule has 8 aliphatic carbocycles. The van der Waals surface area contributed by atoms with Crippen molar-refractivity contribution in [3.8, 4) is 0 Å². The van der Waals surface area contributed by atoms with Crippen LogP contribution in [-0.4, -0.2) is 255 Å². The van der Waals surface area contributed by atoms with E-state index in [1.807, 2.05) is 132 Å². The highest BCUT2D eigenvalue weighted by Crippen LogP contribution is 2.67. The number of rotatable bonds is 38. The molecule has 0 radical (unpaired) electrons. The van der Waals surface area contributed by atoms with E-state index < -0.39 is 196 Å². The summed E-state index contributed by atoms with van der Waals surface area (Å²) in [5.41, 5.74) is 13.1. The van der Waals surface area contributed by atoms with Crippen LogP contribution in [0, 0.1) is 109 Å². The molecule has 0 spiro atoms. The largest absolute Gasteiger partial charge is 0.508 e. The molecular formula is C94H151N15O24. The number of Topliss-reactive ketones (excluding diaryl/α,β-unsaturated/α-hetero) is 3. The number of ether oxygens (including phenoxy) is 6. The highest BCUT2D eigenvalue weighted by Gasteiger charge is 2.73. The molecule has 3 saturated heterocycles. The second kappa shape index (κ2) is 43.3. The average Bonchev–Trinajstić information content (AvgIpc) is 1.53. The molecule has 0 aromatic carbocycles. The van der Waals surface area contributed by atoms with Crippen molar-refractivity contribution in [1.82, 2.24) is 62.6 Å². The number of hydrogen-bond donors (Lipinski definition) is 12. The second-order valence-electron chi connectivity index (χ2n) is 44.8. The Kier molecular flexibility index (Phi) is 34.6. The average molecular weight is 1880 g/mol. The molecule has 0 aromatic heterocycles. The van der Waals surface area contributed by atoms with Gasteiger partial charge in [0.25, 0.3) is 17.7 Å². The zero-order chi connectivity index (χ0) is 99.1. The van der Waals surface area contributed by atoms with Gasteiger partial charge in [-0.15, -0.1) is 0 Å². The number of nitrogens with one attached hydrogen (secondary N) is 9. The molecule has 0 aromatic rings. The molecule has 11 rings (SSSR count). The summed E-state index contributed by atoms with van der Waals surface area (Å²) in [7, 11) is 2.42. The highest BCUT2D eigenvalue weighted by atomic mass is 16.7. The van der Waals surface area contributed by atoms with Crippen molar-refractivity contribution in [3.63, 3.8) is 0 Å². The summed E-state index contributed by atoms with van der Waals surface area (Å²) in [5.74, 6) is -7.73. The third kappa shape index (κ3) is 27.0. The van der Waals surface area contributed by atoms with E-state index in [2.05, 4.69) is 57.3 Å². The van der Waals surface area contributed by atoms with Crippen molar-refractivity contribution < 1.29 is 115 Å². The minimum atomic E-state index is -1.10. The molecule has 3 heterocycles. The smallest absolute Gasteiger partial charge is 0.438 e. The Morgan fingerprint density at radius 3 is 0.880 bits per heavy atom. The monoisotopic (exact) mass is 1870 g/mol. The Balaban J connectivity index is 0.000000224. The first-order chi connectivity index (χ1) is 61.9. The Morgan fingerprint density at radius 1 is 0.353 bits per heavy atom. The van der Waals surface area contributed by atoms with Gasteiger partial charge in [0.1, 0.15) is 56.1 Å². The fourth-order valence-electron chi connectivity index (χ4n) is 20.4. The zero-order valence-corrected chi connectivity index (χ0v) is 81.8. The molecule has 39 heteroatoms. The summed E-state index contributed by atoms with van der Waals surface area (Å²) < 4.78 is 29.7. The number of ketones is 3. The van der Waals surface area contributed by atoms with E-state index in [1.54, 1.807) is 0 Å². The van der Waals surface area contributed by atoms with Gasteiger partial charge in [0, 0.05) is 19.6 Å². The summed E-state index contributed by atoms with van der Waals surface area (Å²) in [6, 6.07) is -11.9. The fraction of sp³-hybridized carbons (Fsp3) is 0.809. The van der Waals surface area contributed by atoms with Crippen molar-refractivity contribution in [2.24, 2.45) is 127 Å². The molecule has 3 aliphatic heterocycles. The van der Waals surface area contributed by atoms with Crippen molar-refractivity contribution in [2.75, 3.05) is 60.3 Å². The van der Waals surface area contributed by atoms with Gasteiger partial charge in [-0.25, -0.2) is 28.8 Å². The number of likely N-dealkylation sites (tertiary alicyclic amines) is 3. The van der Waals surface area contributed by atoms with E-state index >= 15 is 0 Å². The van der Waals surface area contributed by atoms with Gasteiger partial charge < -0.3 is 108 Å². The Labute approximate surface area is 780 Å². The molecule has 133 heavy (non-hydrogen) atoms. The molecule has 39 nitrogen and oxygen atoms in total. The number of methoxy groups -OCH3 is 2. The number of amides is 15. The quantitative estimate of drug-likeness (QED) is 0.0189. The Bertz CT molecular complexity index is 4320. The lowest BCUT2D eigenvalue weighted by Crippen LogP contribution is -2.62. The summed E-state index contributed by atoms with van der Waals surface area (Å²) >= 11 is 0. The van der Waals surface area contributed by atoms with Gasteiger partial charge in [-0.2, -0.15) is 0 Å². The number of nitrogens with two attached hydrogens (primary N) is 3. The van der Waals surface area contributed by atoms with Gasteiger partial charge in [-0.05, 0) is 154 Å². The SMILES string of the molecule is CC(C)COC(=O)OC[C@@H](NC(=O)N[C@H](C(=O)N1CC2C([C@H]1C(=O)NC(CC1CCC1)C(=O)C(N)=O)C2(C)C)C(C)(C)C)C(C)C.COC(=O)OC[C@@H](NC(=O)N[C@H](C(=O)N1CC2C([C@H]1C(=O)NC(CC1CC1)C(=O)C(N)=O)C2(C)C)C(C)(C)C)C1CCC1.COC(=O)OC[C@@H](NC(=O)N[C@H](C(=O)N1CC2C([C@H]1C(=O)NC(CC1CC1)C(=O)C(N)=O)C2(C)C)C(C)(C)C)C1CCCC1. The van der Waals surface area contributed by atoms with Gasteiger partial charge in [0.15, 0.2) is 0 Å². The first-order valence-electron chi connectivity index (χ1n) is 47.6. The third-order valence-corrected chi connectivity index (χ3v) is 29.9. The summed E-state index contributed by atoms with van der Waals surface area (Å²) in [5, 5.41) is 25.4. The minimum absolute atomic E-state index is 0.0578. The Hall–Kier alpha value is -10.1. The fourth-order valence-corrected chi connectivity index (χ4v) is 20.4. The first-order valence-corrected chi connectivity index (χ1v) is 47.6. The van der Waals surface area contributed by atoms with Crippen LogP contribution in [0.5, 0.6) is 0 Å². The van der Waals surface area contributed by atoms with Gasteiger partial charge in [0.05, 0.1) is 57.1 Å². The number of carbonyl (C=O) groups excluding carboxylic acids is 18. The maximum absolute atomic E-state index is 14.2. The number of nitrogens with zero attached hydrogens (tertiary/aromatic N) is 3. The van der Waals surface area contributed by atoms with Crippen LogP contribution < -0.4 is 65.1 Å². The van der Waals surface area contributed by atoms with Crippen molar-refractivity contribution in [1.29, 1.82) is 0 Å². The molecular weight excluding hydrogens is 1720 g/mol. The van der Waals surface area contributed by atoms with Crippen molar-refractivity contribution in [2.45, 2.75) is 313 Å². The summed E-state index contributed by atoms with van der Waals surface area (Å²) in [4.78, 5) is 237. The van der Waals surface area contributed by atoms with Crippen LogP contribution in [-0.2, 0) is 86.0 Å². The predicted octanol–water partition coefficient (Wildman–Crippen LogP) is 6.09. The molecule has 15 amide bonds. The maximum atomic E-state index is 14.2. The van der Waals surface area contributed by atoms with Crippen LogP contribution in [0.4, 0.5) is 28.8 Å². The number of piperidine rings is 3. The normalized spacial score (nSPS) is 25.3. The van der Waals surface area contributed by atoms with Crippen LogP contribution in [0.25, 0.3) is 0 Å². The van der Waals surface area contributed by atoms with Gasteiger partial charge >= 0.3 is 36.6 Å². The topological polar surface area (TPSA) is 559 Å². The number of fused-ring (bicyclic) bond motifs is 3. The molecule has 18 atom stereocenters. The molecule has 11 aliphatic rings.